The summed E-state index contributed by atoms with van der Waals surface area (Å²) in [5.41, 5.74) is 10.7. The first-order valence-corrected chi connectivity index (χ1v) is 10.4. The lowest BCUT2D eigenvalue weighted by Crippen LogP contribution is -2.31. The van der Waals surface area contributed by atoms with Crippen molar-refractivity contribution in [3.8, 4) is 0 Å². The van der Waals surface area contributed by atoms with Gasteiger partial charge >= 0.3 is 0 Å². The molecule has 2 aromatic heterocycles. The predicted molar refractivity (Wildman–Crippen MR) is 114 cm³/mol. The number of allylic oxidation sites excluding steroid dienone is 1. The van der Waals surface area contributed by atoms with Crippen LogP contribution in [0.15, 0.2) is 47.1 Å². The number of para-hydroxylation sites is 1. The van der Waals surface area contributed by atoms with Crippen LogP contribution in [-0.4, -0.2) is 35.4 Å². The van der Waals surface area contributed by atoms with E-state index in [1.807, 2.05) is 41.3 Å². The van der Waals surface area contributed by atoms with E-state index in [2.05, 4.69) is 6.08 Å². The van der Waals surface area contributed by atoms with Crippen LogP contribution in [-0.2, 0) is 6.42 Å². The van der Waals surface area contributed by atoms with E-state index in [9.17, 15) is 4.79 Å². The van der Waals surface area contributed by atoms with Gasteiger partial charge in [0.2, 0.25) is 0 Å². The zero-order valence-electron chi connectivity index (χ0n) is 16.4. The van der Waals surface area contributed by atoms with Crippen LogP contribution in [0, 0.1) is 5.92 Å². The highest BCUT2D eigenvalue weighted by atomic mass is 16.3. The Bertz CT molecular complexity index is 1080. The molecular formula is C24H25N3O2. The highest BCUT2D eigenvalue weighted by Crippen LogP contribution is 2.37. The van der Waals surface area contributed by atoms with Gasteiger partial charge in [0.05, 0.1) is 23.0 Å². The van der Waals surface area contributed by atoms with Crippen molar-refractivity contribution in [2.75, 3.05) is 19.6 Å². The minimum atomic E-state index is 0.120. The van der Waals surface area contributed by atoms with Gasteiger partial charge in [0.15, 0.2) is 0 Å². The molecular weight excluding hydrogens is 362 g/mol. The summed E-state index contributed by atoms with van der Waals surface area (Å²) in [6.07, 6.45) is 7.54. The second-order valence-corrected chi connectivity index (χ2v) is 8.01. The summed E-state index contributed by atoms with van der Waals surface area (Å²) in [7, 11) is 0. The van der Waals surface area contributed by atoms with E-state index in [4.69, 9.17) is 15.1 Å². The van der Waals surface area contributed by atoms with Crippen molar-refractivity contribution in [3.63, 3.8) is 0 Å². The number of carbonyl (C=O) groups is 1. The van der Waals surface area contributed by atoms with Crippen molar-refractivity contribution >= 4 is 28.5 Å². The molecule has 148 valence electrons. The minimum Gasteiger partial charge on any atom is -0.465 e. The van der Waals surface area contributed by atoms with E-state index in [0.29, 0.717) is 12.5 Å². The second-order valence-electron chi connectivity index (χ2n) is 8.01. The Morgan fingerprint density at radius 3 is 2.93 bits per heavy atom. The lowest BCUT2D eigenvalue weighted by Gasteiger charge is -2.25. The Balaban J connectivity index is 1.66. The lowest BCUT2D eigenvalue weighted by molar-refractivity contribution is 0.0788. The highest BCUT2D eigenvalue weighted by Gasteiger charge is 2.31. The largest absolute Gasteiger partial charge is 0.465 e. The quantitative estimate of drug-likeness (QED) is 0.734. The standard InChI is InChI=1S/C24H25N3O2/c25-14-16-10-11-27(15-16)24(28)22-19-7-1-2-9-21(19)26-23-17(5-3-8-20(22)23)13-18-6-4-12-29-18/h1-2,4,6-7,9,12-13,16H,3,5,8,10-11,14-15,25H2/b17-13-. The maximum atomic E-state index is 13.6. The molecule has 1 saturated heterocycles. The summed E-state index contributed by atoms with van der Waals surface area (Å²) >= 11 is 0. The van der Waals surface area contributed by atoms with Crippen molar-refractivity contribution in [3.05, 3.63) is 65.2 Å². The Hall–Kier alpha value is -2.92. The number of hydrogen-bond donors (Lipinski definition) is 1. The zero-order valence-corrected chi connectivity index (χ0v) is 16.4. The molecule has 1 fully saturated rings. The monoisotopic (exact) mass is 387 g/mol. The number of hydrogen-bond acceptors (Lipinski definition) is 4. The fraction of sp³-hybridized carbons (Fsp3) is 0.333. The van der Waals surface area contributed by atoms with Gasteiger partial charge < -0.3 is 15.1 Å². The number of fused-ring (bicyclic) bond motifs is 2. The molecule has 0 saturated carbocycles. The van der Waals surface area contributed by atoms with E-state index >= 15 is 0 Å². The molecule has 1 unspecified atom stereocenters. The molecule has 0 bridgehead atoms. The van der Waals surface area contributed by atoms with Gasteiger partial charge in [-0.25, -0.2) is 4.98 Å². The number of likely N-dealkylation sites (tertiary alicyclic amines) is 1. The molecule has 1 atom stereocenters. The fourth-order valence-electron chi connectivity index (χ4n) is 4.63. The van der Waals surface area contributed by atoms with Crippen LogP contribution in [0.3, 0.4) is 0 Å². The summed E-state index contributed by atoms with van der Waals surface area (Å²) < 4.78 is 5.53. The number of amides is 1. The van der Waals surface area contributed by atoms with Crippen molar-refractivity contribution < 1.29 is 9.21 Å². The molecule has 5 heteroatoms. The predicted octanol–water partition coefficient (Wildman–Crippen LogP) is 4.13. The first kappa shape index (κ1) is 18.1. The molecule has 2 aliphatic rings. The van der Waals surface area contributed by atoms with Gasteiger partial charge in [-0.05, 0) is 73.6 Å². The summed E-state index contributed by atoms with van der Waals surface area (Å²) in [4.78, 5) is 20.6. The van der Waals surface area contributed by atoms with Gasteiger partial charge in [-0.15, -0.1) is 0 Å². The molecule has 2 N–H and O–H groups in total. The maximum absolute atomic E-state index is 13.6. The molecule has 1 amide bonds. The Morgan fingerprint density at radius 1 is 1.24 bits per heavy atom. The summed E-state index contributed by atoms with van der Waals surface area (Å²) in [6, 6.07) is 11.8. The number of aromatic nitrogens is 1. The third-order valence-corrected chi connectivity index (χ3v) is 6.15. The van der Waals surface area contributed by atoms with Crippen LogP contribution in [0.1, 0.15) is 46.6 Å². The number of nitrogens with zero attached hydrogens (tertiary/aromatic N) is 2. The van der Waals surface area contributed by atoms with E-state index in [1.165, 1.54) is 0 Å². The first-order chi connectivity index (χ1) is 14.2. The van der Waals surface area contributed by atoms with E-state index < -0.39 is 0 Å². The molecule has 0 radical (unpaired) electrons. The number of nitrogens with two attached hydrogens (primary N) is 1. The first-order valence-electron chi connectivity index (χ1n) is 10.4. The Morgan fingerprint density at radius 2 is 2.14 bits per heavy atom. The molecule has 3 heterocycles. The van der Waals surface area contributed by atoms with Crippen LogP contribution >= 0.6 is 0 Å². The zero-order chi connectivity index (χ0) is 19.8. The van der Waals surface area contributed by atoms with Gasteiger partial charge in [0.25, 0.3) is 5.91 Å². The molecule has 1 aliphatic heterocycles. The van der Waals surface area contributed by atoms with Gasteiger partial charge in [0.1, 0.15) is 5.76 Å². The van der Waals surface area contributed by atoms with Crippen molar-refractivity contribution in [2.45, 2.75) is 25.7 Å². The maximum Gasteiger partial charge on any atom is 0.254 e. The molecule has 3 aromatic rings. The van der Waals surface area contributed by atoms with Crippen LogP contribution in [0.4, 0.5) is 0 Å². The van der Waals surface area contributed by atoms with Gasteiger partial charge in [-0.3, -0.25) is 4.79 Å². The lowest BCUT2D eigenvalue weighted by atomic mass is 9.86. The fourth-order valence-corrected chi connectivity index (χ4v) is 4.63. The second kappa shape index (κ2) is 7.48. The normalized spacial score (nSPS) is 20.4. The summed E-state index contributed by atoms with van der Waals surface area (Å²) in [6.45, 7) is 2.16. The van der Waals surface area contributed by atoms with Crippen LogP contribution in [0.5, 0.6) is 0 Å². The average Bonchev–Trinajstić information content (AvgIpc) is 3.44. The molecule has 5 rings (SSSR count). The van der Waals surface area contributed by atoms with E-state index in [0.717, 1.165) is 77.8 Å². The smallest absolute Gasteiger partial charge is 0.254 e. The van der Waals surface area contributed by atoms with E-state index in [1.54, 1.807) is 6.26 Å². The van der Waals surface area contributed by atoms with E-state index in [-0.39, 0.29) is 5.91 Å². The number of rotatable bonds is 3. The SMILES string of the molecule is NCC1CCN(C(=O)c2c3c(nc4ccccc24)/C(=C\c2ccco2)CCC3)C1. The Kier molecular flexibility index (Phi) is 4.68. The molecule has 29 heavy (non-hydrogen) atoms. The van der Waals surface area contributed by atoms with Gasteiger partial charge in [-0.1, -0.05) is 18.2 Å². The molecule has 1 aromatic carbocycles. The summed E-state index contributed by atoms with van der Waals surface area (Å²) in [5, 5.41) is 0.951. The molecule has 1 aliphatic carbocycles. The average molecular weight is 387 g/mol. The number of benzene rings is 1. The van der Waals surface area contributed by atoms with Crippen LogP contribution < -0.4 is 5.73 Å². The van der Waals surface area contributed by atoms with Crippen LogP contribution in [0.2, 0.25) is 0 Å². The van der Waals surface area contributed by atoms with Gasteiger partial charge in [-0.2, -0.15) is 0 Å². The summed E-state index contributed by atoms with van der Waals surface area (Å²) in [5.74, 6) is 1.34. The van der Waals surface area contributed by atoms with Crippen molar-refractivity contribution in [1.29, 1.82) is 0 Å². The minimum absolute atomic E-state index is 0.120. The molecule has 5 nitrogen and oxygen atoms in total. The Labute approximate surface area is 170 Å². The van der Waals surface area contributed by atoms with Crippen molar-refractivity contribution in [2.24, 2.45) is 11.7 Å². The highest BCUT2D eigenvalue weighted by molar-refractivity contribution is 6.09. The number of carbonyl (C=O) groups excluding carboxylic acids is 1. The van der Waals surface area contributed by atoms with Crippen molar-refractivity contribution in [1.82, 2.24) is 9.88 Å². The third-order valence-electron chi connectivity index (χ3n) is 6.15. The number of furan rings is 1. The van der Waals surface area contributed by atoms with Gasteiger partial charge in [0, 0.05) is 18.5 Å². The van der Waals surface area contributed by atoms with Crippen LogP contribution in [0.25, 0.3) is 22.6 Å². The molecule has 0 spiro atoms. The number of pyridine rings is 1. The third kappa shape index (κ3) is 3.25. The topological polar surface area (TPSA) is 72.4 Å².